The smallest absolute Gasteiger partial charge is 0.281 e. The van der Waals surface area contributed by atoms with Crippen LogP contribution in [0, 0.1) is 13.8 Å². The number of hydrogen-bond acceptors (Lipinski definition) is 9. The third-order valence-corrected chi connectivity index (χ3v) is 6.25. The van der Waals surface area contributed by atoms with E-state index in [2.05, 4.69) is 10.5 Å². The minimum absolute atomic E-state index is 0.0142. The van der Waals surface area contributed by atoms with Crippen molar-refractivity contribution in [1.82, 2.24) is 5.32 Å². The zero-order chi connectivity index (χ0) is 26.7. The maximum Gasteiger partial charge on any atom is 0.281 e. The summed E-state index contributed by atoms with van der Waals surface area (Å²) in [6, 6.07) is 11.9. The molecule has 4 rings (SSSR count). The molecule has 2 aliphatic rings. The highest BCUT2D eigenvalue weighted by atomic mass is 16.8. The van der Waals surface area contributed by atoms with Gasteiger partial charge in [0.25, 0.3) is 5.91 Å². The van der Waals surface area contributed by atoms with Crippen LogP contribution in [-0.2, 0) is 19.2 Å². The molecule has 2 heterocycles. The number of hydrogen-bond donors (Lipinski definition) is 4. The van der Waals surface area contributed by atoms with E-state index in [0.29, 0.717) is 17.0 Å². The Bertz CT molecular complexity index is 1170. The predicted molar refractivity (Wildman–Crippen MR) is 133 cm³/mol. The Labute approximate surface area is 214 Å². The first-order valence-corrected chi connectivity index (χ1v) is 12.0. The molecule has 0 radical (unpaired) electrons. The summed E-state index contributed by atoms with van der Waals surface area (Å²) in [6.07, 6.45) is -5.50. The molecule has 198 valence electrons. The number of aliphatic hydroxyl groups excluding tert-OH is 3. The predicted octanol–water partition coefficient (Wildman–Crippen LogP) is 0.393. The van der Waals surface area contributed by atoms with E-state index in [9.17, 15) is 24.9 Å². The van der Waals surface area contributed by atoms with Crippen LogP contribution in [0.2, 0.25) is 0 Å². The summed E-state index contributed by atoms with van der Waals surface area (Å²) in [7, 11) is 0. The summed E-state index contributed by atoms with van der Waals surface area (Å²) >= 11 is 0. The lowest BCUT2D eigenvalue weighted by atomic mass is 9.97. The van der Waals surface area contributed by atoms with Crippen molar-refractivity contribution in [2.45, 2.75) is 51.4 Å². The Hall–Kier alpha value is -3.51. The molecule has 1 fully saturated rings. The van der Waals surface area contributed by atoms with Gasteiger partial charge in [0.05, 0.1) is 18.8 Å². The first-order chi connectivity index (χ1) is 17.7. The fourth-order valence-corrected chi connectivity index (χ4v) is 4.29. The molecule has 0 aromatic heterocycles. The highest BCUT2D eigenvalue weighted by Gasteiger charge is 2.46. The van der Waals surface area contributed by atoms with E-state index < -0.39 is 49.1 Å². The second-order valence-electron chi connectivity index (χ2n) is 9.12. The Morgan fingerprint density at radius 1 is 1.11 bits per heavy atom. The van der Waals surface area contributed by atoms with E-state index in [-0.39, 0.29) is 18.9 Å². The SMILES string of the molecule is CC(=O)N[C@H]1[C@@H](O/N=C2\C(=O)N(CCOc3ccc(C)cc3)c3ccc(C)cc32)O[C@@H](CO)[C@@H](O)[C@H]1O. The van der Waals surface area contributed by atoms with Gasteiger partial charge in [-0.3, -0.25) is 9.59 Å². The van der Waals surface area contributed by atoms with E-state index >= 15 is 0 Å². The number of oxime groups is 1. The normalized spacial score (nSPS) is 26.2. The van der Waals surface area contributed by atoms with Crippen LogP contribution in [0.5, 0.6) is 5.75 Å². The number of nitrogens with zero attached hydrogens (tertiary/aromatic N) is 2. The van der Waals surface area contributed by atoms with Crippen LogP contribution < -0.4 is 15.0 Å². The first kappa shape index (κ1) is 26.6. The Morgan fingerprint density at radius 3 is 2.49 bits per heavy atom. The number of carbonyl (C=O) groups excluding carboxylic acids is 2. The molecular weight excluding hydrogens is 482 g/mol. The summed E-state index contributed by atoms with van der Waals surface area (Å²) in [4.78, 5) is 32.1. The molecule has 2 aliphatic heterocycles. The van der Waals surface area contributed by atoms with Gasteiger partial charge in [-0.25, -0.2) is 0 Å². The van der Waals surface area contributed by atoms with Crippen LogP contribution in [0.3, 0.4) is 0 Å². The van der Waals surface area contributed by atoms with Crippen LogP contribution in [0.4, 0.5) is 5.69 Å². The number of benzene rings is 2. The van der Waals surface area contributed by atoms with Crippen LogP contribution >= 0.6 is 0 Å². The molecule has 37 heavy (non-hydrogen) atoms. The molecule has 11 nitrogen and oxygen atoms in total. The monoisotopic (exact) mass is 513 g/mol. The number of aryl methyl sites for hydroxylation is 2. The van der Waals surface area contributed by atoms with Gasteiger partial charge in [-0.2, -0.15) is 0 Å². The molecule has 2 amide bonds. The maximum atomic E-state index is 13.3. The van der Waals surface area contributed by atoms with Crippen molar-refractivity contribution in [2.75, 3.05) is 24.7 Å². The number of fused-ring (bicyclic) bond motifs is 1. The fourth-order valence-electron chi connectivity index (χ4n) is 4.29. The Morgan fingerprint density at radius 2 is 1.81 bits per heavy atom. The molecule has 2 aromatic carbocycles. The summed E-state index contributed by atoms with van der Waals surface area (Å²) in [5.74, 6) is -0.225. The molecule has 0 spiro atoms. The zero-order valence-electron chi connectivity index (χ0n) is 20.8. The maximum absolute atomic E-state index is 13.3. The van der Waals surface area contributed by atoms with Gasteiger partial charge >= 0.3 is 0 Å². The zero-order valence-corrected chi connectivity index (χ0v) is 20.8. The Kier molecular flexibility index (Phi) is 8.08. The van der Waals surface area contributed by atoms with Crippen LogP contribution in [0.1, 0.15) is 23.6 Å². The highest BCUT2D eigenvalue weighted by molar-refractivity contribution is 6.54. The molecule has 0 unspecified atom stereocenters. The molecule has 4 N–H and O–H groups in total. The van der Waals surface area contributed by atoms with Gasteiger partial charge in [0.1, 0.15) is 36.7 Å². The van der Waals surface area contributed by atoms with Crippen molar-refractivity contribution in [3.63, 3.8) is 0 Å². The van der Waals surface area contributed by atoms with Gasteiger partial charge in [-0.05, 0) is 38.1 Å². The van der Waals surface area contributed by atoms with Gasteiger partial charge in [0, 0.05) is 12.5 Å². The van der Waals surface area contributed by atoms with Gasteiger partial charge in [0.2, 0.25) is 12.2 Å². The lowest BCUT2D eigenvalue weighted by Gasteiger charge is -2.40. The minimum Gasteiger partial charge on any atom is -0.492 e. The van der Waals surface area contributed by atoms with E-state index in [1.165, 1.54) is 11.8 Å². The number of aliphatic hydroxyl groups is 3. The molecule has 2 aromatic rings. The van der Waals surface area contributed by atoms with Crippen molar-refractivity contribution in [3.05, 3.63) is 59.2 Å². The van der Waals surface area contributed by atoms with E-state index in [1.54, 1.807) is 6.07 Å². The summed E-state index contributed by atoms with van der Waals surface area (Å²) in [5.41, 5.74) is 3.21. The summed E-state index contributed by atoms with van der Waals surface area (Å²) in [5, 5.41) is 36.7. The Balaban J connectivity index is 1.54. The van der Waals surface area contributed by atoms with Gasteiger partial charge in [-0.1, -0.05) is 34.5 Å². The van der Waals surface area contributed by atoms with E-state index in [0.717, 1.165) is 11.1 Å². The van der Waals surface area contributed by atoms with Crippen LogP contribution in [0.15, 0.2) is 47.6 Å². The standard InChI is InChI=1S/C26H31N3O8/c1-14-4-7-17(8-5-14)35-11-10-29-19-9-6-15(2)12-18(19)21(25(29)34)28-37-26-22(27-16(3)31)24(33)23(32)20(13-30)36-26/h4-9,12,20,22-24,26,30,32-33H,10-11,13H2,1-3H3,(H,27,31)/b28-21-/t20-,22+,23+,24-,26+/m0/s1. The molecule has 0 aliphatic carbocycles. The highest BCUT2D eigenvalue weighted by Crippen LogP contribution is 2.31. The molecule has 1 saturated heterocycles. The van der Waals surface area contributed by atoms with Crippen molar-refractivity contribution in [2.24, 2.45) is 5.16 Å². The van der Waals surface area contributed by atoms with Crippen molar-refractivity contribution >= 4 is 23.2 Å². The van der Waals surface area contributed by atoms with E-state index in [1.807, 2.05) is 50.2 Å². The second kappa shape index (κ2) is 11.3. The quantitative estimate of drug-likeness (QED) is 0.371. The number of anilines is 1. The van der Waals surface area contributed by atoms with Gasteiger partial charge < -0.3 is 39.8 Å². The number of nitrogens with one attached hydrogen (secondary N) is 1. The number of amides is 2. The van der Waals surface area contributed by atoms with Crippen molar-refractivity contribution in [1.29, 1.82) is 0 Å². The molecular formula is C26H31N3O8. The molecule has 5 atom stereocenters. The van der Waals surface area contributed by atoms with Gasteiger partial charge in [0.15, 0.2) is 5.71 Å². The lowest BCUT2D eigenvalue weighted by molar-refractivity contribution is -0.270. The number of rotatable bonds is 8. The third-order valence-electron chi connectivity index (χ3n) is 6.25. The third kappa shape index (κ3) is 5.75. The molecule has 0 bridgehead atoms. The van der Waals surface area contributed by atoms with Crippen LogP contribution in [-0.4, -0.2) is 83.2 Å². The average molecular weight is 514 g/mol. The van der Waals surface area contributed by atoms with Gasteiger partial charge in [-0.15, -0.1) is 0 Å². The van der Waals surface area contributed by atoms with Crippen molar-refractivity contribution < 1.29 is 39.2 Å². The average Bonchev–Trinajstić information content (AvgIpc) is 3.12. The minimum atomic E-state index is -1.50. The van der Waals surface area contributed by atoms with Crippen molar-refractivity contribution in [3.8, 4) is 5.75 Å². The number of ether oxygens (including phenoxy) is 2. The topological polar surface area (TPSA) is 150 Å². The fraction of sp³-hybridized carbons (Fsp3) is 0.423. The largest absolute Gasteiger partial charge is 0.492 e. The van der Waals surface area contributed by atoms with E-state index in [4.69, 9.17) is 14.3 Å². The summed E-state index contributed by atoms with van der Waals surface area (Å²) in [6.45, 7) is 5.00. The number of carbonyl (C=O) groups is 2. The summed E-state index contributed by atoms with van der Waals surface area (Å²) < 4.78 is 11.3. The molecule has 0 saturated carbocycles. The second-order valence-corrected chi connectivity index (χ2v) is 9.12. The van der Waals surface area contributed by atoms with Crippen LogP contribution in [0.25, 0.3) is 0 Å². The first-order valence-electron chi connectivity index (χ1n) is 12.0. The lowest BCUT2D eigenvalue weighted by Crippen LogP contribution is -2.64. The molecule has 11 heteroatoms.